The van der Waals surface area contributed by atoms with E-state index < -0.39 is 5.92 Å². The molecule has 1 heterocycles. The fraction of sp³-hybridized carbons (Fsp3) is 0.833. The largest absolute Gasteiger partial charge is 0.354 e. The van der Waals surface area contributed by atoms with E-state index in [1.807, 2.05) is 25.6 Å². The number of carbonyl (C=O) groups excluding carboxylic acids is 1. The second-order valence-corrected chi connectivity index (χ2v) is 5.82. The minimum atomic E-state index is -0.521. The quantitative estimate of drug-likeness (QED) is 0.794. The Balaban J connectivity index is 2.21. The van der Waals surface area contributed by atoms with E-state index in [1.54, 1.807) is 0 Å². The molecule has 0 saturated carbocycles. The Morgan fingerprint density at radius 3 is 2.65 bits per heavy atom. The number of hydrogen-bond acceptors (Lipinski definition) is 4. The molecule has 1 aliphatic heterocycles. The fourth-order valence-electron chi connectivity index (χ4n) is 1.78. The predicted octanol–water partition coefficient (Wildman–Crippen LogP) is 0.947. The topological polar surface area (TPSA) is 56.1 Å². The number of amides is 1. The first-order chi connectivity index (χ1) is 8.15. The van der Waals surface area contributed by atoms with Gasteiger partial charge in [0.2, 0.25) is 5.91 Å². The lowest BCUT2D eigenvalue weighted by atomic mass is 9.97. The lowest BCUT2D eigenvalue weighted by Crippen LogP contribution is -2.41. The Morgan fingerprint density at radius 1 is 1.47 bits per heavy atom. The first-order valence-corrected chi connectivity index (χ1v) is 7.28. The maximum Gasteiger partial charge on any atom is 0.237 e. The van der Waals surface area contributed by atoms with Gasteiger partial charge in [-0.05, 0) is 5.92 Å². The minimum Gasteiger partial charge on any atom is -0.354 e. The summed E-state index contributed by atoms with van der Waals surface area (Å²) >= 11 is 1.98. The zero-order chi connectivity index (χ0) is 12.7. The van der Waals surface area contributed by atoms with Crippen molar-refractivity contribution in [3.63, 3.8) is 0 Å². The van der Waals surface area contributed by atoms with Crippen molar-refractivity contribution in [2.45, 2.75) is 13.8 Å². The lowest BCUT2D eigenvalue weighted by molar-refractivity contribution is -0.124. The summed E-state index contributed by atoms with van der Waals surface area (Å²) in [6.07, 6.45) is 0. The van der Waals surface area contributed by atoms with Crippen molar-refractivity contribution in [3.05, 3.63) is 0 Å². The van der Waals surface area contributed by atoms with E-state index in [0.717, 1.165) is 19.6 Å². The van der Waals surface area contributed by atoms with Crippen LogP contribution in [0.1, 0.15) is 13.8 Å². The first kappa shape index (κ1) is 14.3. The van der Waals surface area contributed by atoms with E-state index in [0.29, 0.717) is 6.54 Å². The summed E-state index contributed by atoms with van der Waals surface area (Å²) in [5, 5.41) is 11.7. The van der Waals surface area contributed by atoms with E-state index in [1.165, 1.54) is 11.5 Å². The Morgan fingerprint density at radius 2 is 2.12 bits per heavy atom. The van der Waals surface area contributed by atoms with Crippen molar-refractivity contribution in [3.8, 4) is 6.07 Å². The molecule has 1 atom stereocenters. The number of carbonyl (C=O) groups is 1. The van der Waals surface area contributed by atoms with E-state index in [9.17, 15) is 4.79 Å². The van der Waals surface area contributed by atoms with Crippen molar-refractivity contribution >= 4 is 17.7 Å². The molecule has 17 heavy (non-hydrogen) atoms. The normalized spacial score (nSPS) is 18.7. The number of rotatable bonds is 5. The van der Waals surface area contributed by atoms with Gasteiger partial charge >= 0.3 is 0 Å². The molecule has 96 valence electrons. The molecule has 0 radical (unpaired) electrons. The van der Waals surface area contributed by atoms with Crippen LogP contribution in [-0.4, -0.2) is 48.5 Å². The second-order valence-electron chi connectivity index (χ2n) is 4.60. The first-order valence-electron chi connectivity index (χ1n) is 6.12. The van der Waals surface area contributed by atoms with Crippen LogP contribution in [0, 0.1) is 23.2 Å². The van der Waals surface area contributed by atoms with Gasteiger partial charge in [-0.3, -0.25) is 9.69 Å². The zero-order valence-corrected chi connectivity index (χ0v) is 11.4. The van der Waals surface area contributed by atoms with Crippen molar-refractivity contribution < 1.29 is 4.79 Å². The monoisotopic (exact) mass is 255 g/mol. The SMILES string of the molecule is CC(C)C(C#N)C(=O)NCCN1CCSCC1. The van der Waals surface area contributed by atoms with Gasteiger partial charge in [0.25, 0.3) is 0 Å². The second kappa shape index (κ2) is 7.57. The van der Waals surface area contributed by atoms with Gasteiger partial charge in [-0.15, -0.1) is 0 Å². The Hall–Kier alpha value is -0.730. The van der Waals surface area contributed by atoms with Gasteiger partial charge in [-0.1, -0.05) is 13.8 Å². The number of nitriles is 1. The molecule has 4 nitrogen and oxygen atoms in total. The molecule has 1 aliphatic rings. The molecule has 0 aliphatic carbocycles. The van der Waals surface area contributed by atoms with Gasteiger partial charge in [0.1, 0.15) is 5.92 Å². The lowest BCUT2D eigenvalue weighted by Gasteiger charge is -2.26. The molecule has 0 bridgehead atoms. The van der Waals surface area contributed by atoms with E-state index in [2.05, 4.69) is 16.3 Å². The molecular weight excluding hydrogens is 234 g/mol. The molecule has 0 aromatic carbocycles. The summed E-state index contributed by atoms with van der Waals surface area (Å²) in [7, 11) is 0. The molecular formula is C12H21N3OS. The standard InChI is InChI=1S/C12H21N3OS/c1-10(2)11(9-13)12(16)14-3-4-15-5-7-17-8-6-15/h10-11H,3-8H2,1-2H3,(H,14,16). The van der Waals surface area contributed by atoms with Gasteiger partial charge < -0.3 is 5.32 Å². The van der Waals surface area contributed by atoms with E-state index in [-0.39, 0.29) is 11.8 Å². The molecule has 1 rings (SSSR count). The Bertz CT molecular complexity index is 282. The van der Waals surface area contributed by atoms with Crippen LogP contribution in [0.3, 0.4) is 0 Å². The van der Waals surface area contributed by atoms with Gasteiger partial charge in [0, 0.05) is 37.7 Å². The highest BCUT2D eigenvalue weighted by atomic mass is 32.2. The van der Waals surface area contributed by atoms with Crippen LogP contribution in [-0.2, 0) is 4.79 Å². The van der Waals surface area contributed by atoms with Crippen LogP contribution in [0.4, 0.5) is 0 Å². The van der Waals surface area contributed by atoms with Crippen molar-refractivity contribution in [1.82, 2.24) is 10.2 Å². The average molecular weight is 255 g/mol. The molecule has 0 aromatic heterocycles. The van der Waals surface area contributed by atoms with Crippen LogP contribution >= 0.6 is 11.8 Å². The summed E-state index contributed by atoms with van der Waals surface area (Å²) in [5.74, 6) is 1.79. The highest BCUT2D eigenvalue weighted by Gasteiger charge is 2.21. The van der Waals surface area contributed by atoms with Crippen LogP contribution in [0.2, 0.25) is 0 Å². The van der Waals surface area contributed by atoms with E-state index >= 15 is 0 Å². The summed E-state index contributed by atoms with van der Waals surface area (Å²) in [6.45, 7) is 7.54. The van der Waals surface area contributed by atoms with Crippen LogP contribution in [0.15, 0.2) is 0 Å². The van der Waals surface area contributed by atoms with Crippen molar-refractivity contribution in [2.75, 3.05) is 37.7 Å². The molecule has 1 amide bonds. The zero-order valence-electron chi connectivity index (χ0n) is 10.6. The molecule has 1 fully saturated rings. The number of nitrogens with one attached hydrogen (secondary N) is 1. The molecule has 0 spiro atoms. The molecule has 0 aromatic rings. The number of thioether (sulfide) groups is 1. The maximum absolute atomic E-state index is 11.7. The highest BCUT2D eigenvalue weighted by molar-refractivity contribution is 7.99. The van der Waals surface area contributed by atoms with Gasteiger partial charge in [0.05, 0.1) is 6.07 Å². The van der Waals surface area contributed by atoms with E-state index in [4.69, 9.17) is 5.26 Å². The van der Waals surface area contributed by atoms with Crippen molar-refractivity contribution in [1.29, 1.82) is 5.26 Å². The van der Waals surface area contributed by atoms with Crippen molar-refractivity contribution in [2.24, 2.45) is 11.8 Å². The van der Waals surface area contributed by atoms with Crippen LogP contribution in [0.25, 0.3) is 0 Å². The highest BCUT2D eigenvalue weighted by Crippen LogP contribution is 2.10. The third-order valence-electron chi connectivity index (χ3n) is 2.92. The third-order valence-corrected chi connectivity index (χ3v) is 3.86. The fourth-order valence-corrected chi connectivity index (χ4v) is 2.76. The van der Waals surface area contributed by atoms with Crippen LogP contribution < -0.4 is 5.32 Å². The summed E-state index contributed by atoms with van der Waals surface area (Å²) in [6, 6.07) is 2.06. The van der Waals surface area contributed by atoms with Gasteiger partial charge in [0.15, 0.2) is 0 Å². The Labute approximate surface area is 108 Å². The van der Waals surface area contributed by atoms with Crippen LogP contribution in [0.5, 0.6) is 0 Å². The molecule has 1 N–H and O–H groups in total. The predicted molar refractivity (Wildman–Crippen MR) is 70.7 cm³/mol. The molecule has 5 heteroatoms. The summed E-state index contributed by atoms with van der Waals surface area (Å²) < 4.78 is 0. The molecule has 1 saturated heterocycles. The molecule has 1 unspecified atom stereocenters. The minimum absolute atomic E-state index is 0.0754. The average Bonchev–Trinajstić information content (AvgIpc) is 2.30. The Kier molecular flexibility index (Phi) is 6.38. The smallest absolute Gasteiger partial charge is 0.237 e. The third kappa shape index (κ3) is 4.97. The number of hydrogen-bond donors (Lipinski definition) is 1. The summed E-state index contributed by atoms with van der Waals surface area (Å²) in [4.78, 5) is 14.1. The number of nitrogens with zero attached hydrogens (tertiary/aromatic N) is 2. The van der Waals surface area contributed by atoms with Gasteiger partial charge in [-0.2, -0.15) is 17.0 Å². The maximum atomic E-state index is 11.7. The van der Waals surface area contributed by atoms with Gasteiger partial charge in [-0.25, -0.2) is 0 Å². The summed E-state index contributed by atoms with van der Waals surface area (Å²) in [5.41, 5.74) is 0.